The molecule has 6 heteroatoms. The fourth-order valence-electron chi connectivity index (χ4n) is 3.15. The first-order valence-electron chi connectivity index (χ1n) is 8.40. The normalized spacial score (nSPS) is 11.2. The van der Waals surface area contributed by atoms with E-state index in [0.29, 0.717) is 31.3 Å². The Morgan fingerprint density at radius 2 is 1.92 bits per heavy atom. The summed E-state index contributed by atoms with van der Waals surface area (Å²) in [5.74, 6) is -0.947. The van der Waals surface area contributed by atoms with Gasteiger partial charge in [0.05, 0.1) is 6.61 Å². The van der Waals surface area contributed by atoms with Crippen LogP contribution in [0.5, 0.6) is 0 Å². The standard InChI is InChI=1S/C20H21ClN2O3/c1-26-11-10-22-12-16-15-7-3-5-9-18(15)23(19(16)20(24)25)13-14-6-2-4-8-17(14)21/h2-9,22H,10-13H2,1H3,(H,24,25). The number of aromatic nitrogens is 1. The van der Waals surface area contributed by atoms with E-state index in [1.807, 2.05) is 53.1 Å². The van der Waals surface area contributed by atoms with Gasteiger partial charge in [0, 0.05) is 48.2 Å². The van der Waals surface area contributed by atoms with E-state index in [0.717, 1.165) is 22.0 Å². The summed E-state index contributed by atoms with van der Waals surface area (Å²) in [6.45, 7) is 2.08. The molecule has 3 aromatic rings. The van der Waals surface area contributed by atoms with Crippen LogP contribution in [-0.2, 0) is 17.8 Å². The molecule has 1 aromatic heterocycles. The smallest absolute Gasteiger partial charge is 0.352 e. The SMILES string of the molecule is COCCNCc1c(C(=O)O)n(Cc2ccccc2Cl)c2ccccc12. The van der Waals surface area contributed by atoms with Crippen LogP contribution in [0.2, 0.25) is 5.02 Å². The van der Waals surface area contributed by atoms with E-state index in [-0.39, 0.29) is 5.69 Å². The first-order valence-corrected chi connectivity index (χ1v) is 8.77. The number of benzene rings is 2. The number of methoxy groups -OCH3 is 1. The maximum absolute atomic E-state index is 12.1. The van der Waals surface area contributed by atoms with Crippen molar-refractivity contribution in [1.29, 1.82) is 0 Å². The van der Waals surface area contributed by atoms with Crippen molar-refractivity contribution in [2.24, 2.45) is 0 Å². The molecule has 0 aliphatic heterocycles. The maximum Gasteiger partial charge on any atom is 0.352 e. The molecule has 0 saturated carbocycles. The fourth-order valence-corrected chi connectivity index (χ4v) is 3.34. The monoisotopic (exact) mass is 372 g/mol. The molecular formula is C20H21ClN2O3. The molecule has 0 aliphatic carbocycles. The van der Waals surface area contributed by atoms with Crippen LogP contribution in [0.3, 0.4) is 0 Å². The molecule has 0 spiro atoms. The van der Waals surface area contributed by atoms with Crippen LogP contribution in [0, 0.1) is 0 Å². The van der Waals surface area contributed by atoms with Crippen molar-refractivity contribution in [2.45, 2.75) is 13.1 Å². The van der Waals surface area contributed by atoms with E-state index in [1.54, 1.807) is 7.11 Å². The van der Waals surface area contributed by atoms with E-state index in [1.165, 1.54) is 0 Å². The minimum absolute atomic E-state index is 0.288. The molecule has 0 atom stereocenters. The molecule has 1 heterocycles. The lowest BCUT2D eigenvalue weighted by atomic mass is 10.1. The largest absolute Gasteiger partial charge is 0.477 e. The van der Waals surface area contributed by atoms with Gasteiger partial charge in [-0.1, -0.05) is 48.0 Å². The highest BCUT2D eigenvalue weighted by atomic mass is 35.5. The Morgan fingerprint density at radius 1 is 1.19 bits per heavy atom. The zero-order valence-electron chi connectivity index (χ0n) is 14.5. The van der Waals surface area contributed by atoms with Crippen molar-refractivity contribution in [2.75, 3.05) is 20.3 Å². The number of para-hydroxylation sites is 1. The van der Waals surface area contributed by atoms with Gasteiger partial charge >= 0.3 is 5.97 Å². The molecule has 0 amide bonds. The van der Waals surface area contributed by atoms with Gasteiger partial charge in [-0.25, -0.2) is 4.79 Å². The van der Waals surface area contributed by atoms with Crippen LogP contribution in [0.1, 0.15) is 21.6 Å². The van der Waals surface area contributed by atoms with Gasteiger partial charge in [0.15, 0.2) is 0 Å². The van der Waals surface area contributed by atoms with Crippen LogP contribution < -0.4 is 5.32 Å². The number of rotatable bonds is 8. The highest BCUT2D eigenvalue weighted by Crippen LogP contribution is 2.28. The van der Waals surface area contributed by atoms with Gasteiger partial charge in [-0.2, -0.15) is 0 Å². The lowest BCUT2D eigenvalue weighted by Crippen LogP contribution is -2.20. The van der Waals surface area contributed by atoms with Crippen LogP contribution in [0.4, 0.5) is 0 Å². The molecule has 0 aliphatic rings. The topological polar surface area (TPSA) is 63.5 Å². The highest BCUT2D eigenvalue weighted by Gasteiger charge is 2.22. The molecule has 0 unspecified atom stereocenters. The summed E-state index contributed by atoms with van der Waals surface area (Å²) >= 11 is 6.30. The van der Waals surface area contributed by atoms with Crippen molar-refractivity contribution in [3.63, 3.8) is 0 Å². The summed E-state index contributed by atoms with van der Waals surface area (Å²) in [7, 11) is 1.64. The molecule has 2 N–H and O–H groups in total. The maximum atomic E-state index is 12.1. The second-order valence-corrected chi connectivity index (χ2v) is 6.40. The van der Waals surface area contributed by atoms with Crippen LogP contribution in [-0.4, -0.2) is 35.9 Å². The van der Waals surface area contributed by atoms with Crippen LogP contribution in [0.15, 0.2) is 48.5 Å². The summed E-state index contributed by atoms with van der Waals surface area (Å²) in [6, 6.07) is 15.2. The van der Waals surface area contributed by atoms with Gasteiger partial charge in [0.2, 0.25) is 0 Å². The molecule has 0 radical (unpaired) electrons. The molecule has 5 nitrogen and oxygen atoms in total. The van der Waals surface area contributed by atoms with Gasteiger partial charge in [-0.3, -0.25) is 0 Å². The summed E-state index contributed by atoms with van der Waals surface area (Å²) in [6.07, 6.45) is 0. The van der Waals surface area contributed by atoms with E-state index in [2.05, 4.69) is 5.32 Å². The third-order valence-corrected chi connectivity index (χ3v) is 4.72. The summed E-state index contributed by atoms with van der Waals surface area (Å²) < 4.78 is 6.87. The Morgan fingerprint density at radius 3 is 2.65 bits per heavy atom. The molecule has 136 valence electrons. The number of nitrogens with zero attached hydrogens (tertiary/aromatic N) is 1. The Labute approximate surface area is 157 Å². The fraction of sp³-hybridized carbons (Fsp3) is 0.250. The molecule has 0 fully saturated rings. The van der Waals surface area contributed by atoms with Gasteiger partial charge in [0.1, 0.15) is 5.69 Å². The first-order chi connectivity index (χ1) is 12.6. The third kappa shape index (κ3) is 3.75. The lowest BCUT2D eigenvalue weighted by molar-refractivity contribution is 0.0684. The molecule has 2 aromatic carbocycles. The summed E-state index contributed by atoms with van der Waals surface area (Å²) in [5.41, 5.74) is 2.83. The predicted molar refractivity (Wildman–Crippen MR) is 103 cm³/mol. The lowest BCUT2D eigenvalue weighted by Gasteiger charge is -2.11. The molecule has 0 saturated heterocycles. The van der Waals surface area contributed by atoms with Crippen molar-refractivity contribution in [3.05, 3.63) is 70.4 Å². The van der Waals surface area contributed by atoms with Crippen LogP contribution in [0.25, 0.3) is 10.9 Å². The summed E-state index contributed by atoms with van der Waals surface area (Å²) in [5, 5.41) is 14.7. The quantitative estimate of drug-likeness (QED) is 0.591. The first kappa shape index (κ1) is 18.5. The predicted octanol–water partition coefficient (Wildman–Crippen LogP) is 3.78. The van der Waals surface area contributed by atoms with Gasteiger partial charge < -0.3 is 19.7 Å². The van der Waals surface area contributed by atoms with Crippen LogP contribution >= 0.6 is 11.6 Å². The Hall–Kier alpha value is -2.34. The molecule has 0 bridgehead atoms. The van der Waals surface area contributed by atoms with Gasteiger partial charge in [0.25, 0.3) is 0 Å². The molecule has 26 heavy (non-hydrogen) atoms. The summed E-state index contributed by atoms with van der Waals surface area (Å²) in [4.78, 5) is 12.1. The number of ether oxygens (including phenoxy) is 1. The number of fused-ring (bicyclic) bond motifs is 1. The average Bonchev–Trinajstić information content (AvgIpc) is 2.95. The number of carbonyl (C=O) groups is 1. The van der Waals surface area contributed by atoms with E-state index in [9.17, 15) is 9.90 Å². The number of hydrogen-bond donors (Lipinski definition) is 2. The number of nitrogens with one attached hydrogen (secondary N) is 1. The second-order valence-electron chi connectivity index (χ2n) is 6.00. The van der Waals surface area contributed by atoms with Crippen molar-refractivity contribution >= 4 is 28.5 Å². The van der Waals surface area contributed by atoms with E-state index in [4.69, 9.17) is 16.3 Å². The highest BCUT2D eigenvalue weighted by molar-refractivity contribution is 6.31. The van der Waals surface area contributed by atoms with Crippen molar-refractivity contribution in [1.82, 2.24) is 9.88 Å². The number of carboxylic acids is 1. The van der Waals surface area contributed by atoms with E-state index < -0.39 is 5.97 Å². The third-order valence-electron chi connectivity index (χ3n) is 4.35. The molecular weight excluding hydrogens is 352 g/mol. The zero-order chi connectivity index (χ0) is 18.5. The number of hydrogen-bond acceptors (Lipinski definition) is 3. The number of carboxylic acid groups (broad SMARTS) is 1. The zero-order valence-corrected chi connectivity index (χ0v) is 15.3. The number of aromatic carboxylic acids is 1. The van der Waals surface area contributed by atoms with Crippen molar-refractivity contribution in [3.8, 4) is 0 Å². The van der Waals surface area contributed by atoms with Gasteiger partial charge in [-0.15, -0.1) is 0 Å². The Balaban J connectivity index is 2.08. The average molecular weight is 373 g/mol. The number of halogens is 1. The van der Waals surface area contributed by atoms with E-state index >= 15 is 0 Å². The second kappa shape index (κ2) is 8.36. The Kier molecular flexibility index (Phi) is 5.93. The van der Waals surface area contributed by atoms with Gasteiger partial charge in [-0.05, 0) is 17.7 Å². The molecule has 3 rings (SSSR count). The van der Waals surface area contributed by atoms with Crippen molar-refractivity contribution < 1.29 is 14.6 Å². The Bertz CT molecular complexity index is 921. The minimum atomic E-state index is -0.947. The minimum Gasteiger partial charge on any atom is -0.477 e.